The van der Waals surface area contributed by atoms with Gasteiger partial charge in [0.25, 0.3) is 0 Å². The van der Waals surface area contributed by atoms with Crippen molar-refractivity contribution in [3.8, 4) is 0 Å². The number of nitrogens with one attached hydrogen (secondary N) is 2. The Balaban J connectivity index is 1.71. The lowest BCUT2D eigenvalue weighted by molar-refractivity contribution is -0.125. The number of hydrogen-bond acceptors (Lipinski definition) is 4. The van der Waals surface area contributed by atoms with Crippen molar-refractivity contribution in [2.24, 2.45) is 0 Å². The number of benzene rings is 2. The Morgan fingerprint density at radius 2 is 1.71 bits per heavy atom. The summed E-state index contributed by atoms with van der Waals surface area (Å²) in [6.45, 7) is 5.46. The molecule has 3 rings (SSSR count). The molecule has 0 heterocycles. The first-order chi connectivity index (χ1) is 16.6. The van der Waals surface area contributed by atoms with E-state index in [1.165, 1.54) is 29.2 Å². The second-order valence-electron chi connectivity index (χ2n) is 9.00. The van der Waals surface area contributed by atoms with Crippen LogP contribution in [0.4, 0.5) is 15.8 Å². The Bertz CT molecular complexity index is 1100. The highest BCUT2D eigenvalue weighted by molar-refractivity contribution is 7.86. The fraction of sp³-hybridized carbons (Fsp3) is 0.423. The molecule has 2 atom stereocenters. The summed E-state index contributed by atoms with van der Waals surface area (Å²) in [6, 6.07) is 10.1. The molecule has 0 saturated heterocycles. The SMILES string of the molecule is Cc1ccc(N(C(=O)C[S@](=O)CC(=O)Nc2ccc(F)cc2)[C@@H](C)C(=O)NC2CCCC2)c(C)c1. The summed E-state index contributed by atoms with van der Waals surface area (Å²) < 4.78 is 25.7. The van der Waals surface area contributed by atoms with Crippen molar-refractivity contribution in [1.82, 2.24) is 5.32 Å². The van der Waals surface area contributed by atoms with Gasteiger partial charge in [-0.2, -0.15) is 0 Å². The predicted molar refractivity (Wildman–Crippen MR) is 136 cm³/mol. The molecule has 0 spiro atoms. The molecule has 1 saturated carbocycles. The minimum absolute atomic E-state index is 0.102. The third kappa shape index (κ3) is 7.45. The van der Waals surface area contributed by atoms with Gasteiger partial charge in [-0.3, -0.25) is 23.5 Å². The van der Waals surface area contributed by atoms with Crippen molar-refractivity contribution in [2.45, 2.75) is 58.5 Å². The Kier molecular flexibility index (Phi) is 9.14. The highest BCUT2D eigenvalue weighted by Crippen LogP contribution is 2.25. The molecular formula is C26H32FN3O4S. The number of anilines is 2. The first-order valence-corrected chi connectivity index (χ1v) is 13.2. The van der Waals surface area contributed by atoms with Gasteiger partial charge in [0, 0.05) is 28.2 Å². The van der Waals surface area contributed by atoms with E-state index in [4.69, 9.17) is 0 Å². The molecule has 2 N–H and O–H groups in total. The zero-order valence-corrected chi connectivity index (χ0v) is 21.1. The van der Waals surface area contributed by atoms with Crippen molar-refractivity contribution in [3.63, 3.8) is 0 Å². The summed E-state index contributed by atoms with van der Waals surface area (Å²) in [5, 5.41) is 5.58. The molecule has 188 valence electrons. The molecule has 2 aromatic rings. The Morgan fingerprint density at radius 3 is 2.34 bits per heavy atom. The molecule has 2 aromatic carbocycles. The third-order valence-corrected chi connectivity index (χ3v) is 7.21. The summed E-state index contributed by atoms with van der Waals surface area (Å²) in [6.07, 6.45) is 3.97. The predicted octanol–water partition coefficient (Wildman–Crippen LogP) is 3.61. The number of hydrogen-bond donors (Lipinski definition) is 2. The Morgan fingerprint density at radius 1 is 1.06 bits per heavy atom. The number of carbonyl (C=O) groups is 3. The van der Waals surface area contributed by atoms with E-state index in [1.54, 1.807) is 13.0 Å². The summed E-state index contributed by atoms with van der Waals surface area (Å²) in [7, 11) is -1.81. The summed E-state index contributed by atoms with van der Waals surface area (Å²) in [5.74, 6) is -2.55. The maximum atomic E-state index is 13.3. The minimum atomic E-state index is -1.81. The number of carbonyl (C=O) groups excluding carboxylic acids is 3. The van der Waals surface area contributed by atoms with Crippen molar-refractivity contribution < 1.29 is 23.0 Å². The van der Waals surface area contributed by atoms with E-state index in [0.717, 1.165) is 36.8 Å². The van der Waals surface area contributed by atoms with Gasteiger partial charge in [0.15, 0.2) is 0 Å². The van der Waals surface area contributed by atoms with Gasteiger partial charge in [0.2, 0.25) is 17.7 Å². The molecule has 35 heavy (non-hydrogen) atoms. The van der Waals surface area contributed by atoms with Crippen molar-refractivity contribution in [2.75, 3.05) is 21.7 Å². The Labute approximate surface area is 207 Å². The van der Waals surface area contributed by atoms with Gasteiger partial charge in [0.1, 0.15) is 23.4 Å². The smallest absolute Gasteiger partial charge is 0.243 e. The van der Waals surface area contributed by atoms with E-state index >= 15 is 0 Å². The molecule has 9 heteroatoms. The van der Waals surface area contributed by atoms with Gasteiger partial charge in [-0.15, -0.1) is 0 Å². The third-order valence-electron chi connectivity index (χ3n) is 6.05. The monoisotopic (exact) mass is 501 g/mol. The van der Waals surface area contributed by atoms with Crippen LogP contribution in [0.5, 0.6) is 0 Å². The lowest BCUT2D eigenvalue weighted by Gasteiger charge is -2.31. The maximum Gasteiger partial charge on any atom is 0.243 e. The van der Waals surface area contributed by atoms with E-state index in [0.29, 0.717) is 11.4 Å². The van der Waals surface area contributed by atoms with Gasteiger partial charge in [-0.05, 0) is 69.5 Å². The van der Waals surface area contributed by atoms with Crippen molar-refractivity contribution in [1.29, 1.82) is 0 Å². The van der Waals surface area contributed by atoms with Gasteiger partial charge in [-0.25, -0.2) is 4.39 Å². The van der Waals surface area contributed by atoms with Crippen LogP contribution in [-0.4, -0.2) is 45.5 Å². The van der Waals surface area contributed by atoms with E-state index in [9.17, 15) is 23.0 Å². The lowest BCUT2D eigenvalue weighted by Crippen LogP contribution is -2.51. The minimum Gasteiger partial charge on any atom is -0.352 e. The van der Waals surface area contributed by atoms with E-state index in [-0.39, 0.29) is 11.9 Å². The van der Waals surface area contributed by atoms with Crippen LogP contribution in [0.2, 0.25) is 0 Å². The molecule has 1 fully saturated rings. The van der Waals surface area contributed by atoms with Crippen LogP contribution in [0.3, 0.4) is 0 Å². The highest BCUT2D eigenvalue weighted by atomic mass is 32.2. The van der Waals surface area contributed by atoms with Crippen LogP contribution in [-0.2, 0) is 25.2 Å². The van der Waals surface area contributed by atoms with Gasteiger partial charge in [0.05, 0.1) is 0 Å². The number of amides is 3. The van der Waals surface area contributed by atoms with Crippen LogP contribution in [0, 0.1) is 19.7 Å². The van der Waals surface area contributed by atoms with Gasteiger partial charge >= 0.3 is 0 Å². The summed E-state index contributed by atoms with van der Waals surface area (Å²) in [4.78, 5) is 40.0. The zero-order chi connectivity index (χ0) is 25.5. The maximum absolute atomic E-state index is 13.3. The molecule has 1 aliphatic rings. The van der Waals surface area contributed by atoms with Crippen LogP contribution >= 0.6 is 0 Å². The quantitative estimate of drug-likeness (QED) is 0.549. The molecule has 0 unspecified atom stereocenters. The first-order valence-electron chi connectivity index (χ1n) is 11.7. The lowest BCUT2D eigenvalue weighted by atomic mass is 10.1. The fourth-order valence-electron chi connectivity index (χ4n) is 4.28. The topological polar surface area (TPSA) is 95.6 Å². The van der Waals surface area contributed by atoms with Gasteiger partial charge < -0.3 is 10.6 Å². The molecule has 0 bridgehead atoms. The van der Waals surface area contributed by atoms with Crippen molar-refractivity contribution in [3.05, 3.63) is 59.4 Å². The standard InChI is InChI=1S/C26H32FN3O4S/c1-17-8-13-23(18(2)14-17)30(19(3)26(33)29-21-6-4-5-7-21)25(32)16-35(34)15-24(31)28-22-11-9-20(27)10-12-22/h8-14,19,21H,4-7,15-16H2,1-3H3,(H,28,31)(H,29,33)/t19-,35+/m0/s1. The molecule has 3 amide bonds. The number of halogens is 1. The second kappa shape index (κ2) is 12.1. The van der Waals surface area contributed by atoms with Crippen LogP contribution in [0.25, 0.3) is 0 Å². The van der Waals surface area contributed by atoms with Crippen LogP contribution in [0.1, 0.15) is 43.7 Å². The number of aryl methyl sites for hydroxylation is 2. The normalized spacial score (nSPS) is 15.3. The molecule has 0 aromatic heterocycles. The van der Waals surface area contributed by atoms with E-state index < -0.39 is 46.0 Å². The number of nitrogens with zero attached hydrogens (tertiary/aromatic N) is 1. The first kappa shape index (κ1) is 26.5. The molecule has 0 radical (unpaired) electrons. The van der Waals surface area contributed by atoms with Gasteiger partial charge in [-0.1, -0.05) is 30.5 Å². The second-order valence-corrected chi connectivity index (χ2v) is 10.5. The number of rotatable bonds is 9. The average Bonchev–Trinajstić information content (AvgIpc) is 3.29. The molecular weight excluding hydrogens is 469 g/mol. The average molecular weight is 502 g/mol. The van der Waals surface area contributed by atoms with Crippen LogP contribution < -0.4 is 15.5 Å². The molecule has 1 aliphatic carbocycles. The Hall–Kier alpha value is -3.07. The van der Waals surface area contributed by atoms with Crippen molar-refractivity contribution >= 4 is 39.9 Å². The molecule has 7 nitrogen and oxygen atoms in total. The van der Waals surface area contributed by atoms with E-state index in [2.05, 4.69) is 10.6 Å². The molecule has 0 aliphatic heterocycles. The zero-order valence-electron chi connectivity index (χ0n) is 20.3. The highest BCUT2D eigenvalue weighted by Gasteiger charge is 2.31. The van der Waals surface area contributed by atoms with Crippen LogP contribution in [0.15, 0.2) is 42.5 Å². The van der Waals surface area contributed by atoms with E-state index in [1.807, 2.05) is 26.0 Å². The summed E-state index contributed by atoms with van der Waals surface area (Å²) in [5.41, 5.74) is 2.78. The largest absolute Gasteiger partial charge is 0.352 e. The summed E-state index contributed by atoms with van der Waals surface area (Å²) >= 11 is 0. The fourth-order valence-corrected chi connectivity index (χ4v) is 5.16.